The summed E-state index contributed by atoms with van der Waals surface area (Å²) in [5.74, 6) is 0. The zero-order valence-electron chi connectivity index (χ0n) is 28.8. The number of hydrogen-bond donors (Lipinski definition) is 0. The quantitative estimate of drug-likeness (QED) is 0.181. The molecule has 0 fully saturated rings. The van der Waals surface area contributed by atoms with Crippen molar-refractivity contribution in [2.75, 3.05) is 4.90 Å². The highest BCUT2D eigenvalue weighted by atomic mass is 16.3. The zero-order valence-corrected chi connectivity index (χ0v) is 28.8. The second kappa shape index (κ2) is 11.7. The van der Waals surface area contributed by atoms with Gasteiger partial charge in [-0.1, -0.05) is 127 Å². The smallest absolute Gasteiger partial charge is 0.137 e. The van der Waals surface area contributed by atoms with E-state index >= 15 is 0 Å². The number of aromatic nitrogens is 1. The fourth-order valence-electron chi connectivity index (χ4n) is 8.25. The van der Waals surface area contributed by atoms with E-state index < -0.39 is 0 Å². The van der Waals surface area contributed by atoms with Crippen molar-refractivity contribution in [2.45, 2.75) is 0 Å². The molecule has 53 heavy (non-hydrogen) atoms. The average Bonchev–Trinajstić information content (AvgIpc) is 3.76. The summed E-state index contributed by atoms with van der Waals surface area (Å²) >= 11 is 0. The lowest BCUT2D eigenvalue weighted by Crippen LogP contribution is -2.10. The van der Waals surface area contributed by atoms with Crippen molar-refractivity contribution in [1.82, 2.24) is 4.57 Å². The van der Waals surface area contributed by atoms with Crippen LogP contribution in [0.5, 0.6) is 0 Å². The topological polar surface area (TPSA) is 21.3 Å². The van der Waals surface area contributed by atoms with Crippen molar-refractivity contribution in [1.29, 1.82) is 0 Å². The van der Waals surface area contributed by atoms with Crippen LogP contribution in [0.2, 0.25) is 0 Å². The molecular formula is C50H32N2O. The molecule has 0 saturated carbocycles. The van der Waals surface area contributed by atoms with Gasteiger partial charge < -0.3 is 13.9 Å². The Balaban J connectivity index is 1.10. The second-order valence-corrected chi connectivity index (χ2v) is 13.8. The molecule has 0 atom stereocenters. The molecule has 9 aromatic carbocycles. The lowest BCUT2D eigenvalue weighted by atomic mass is 10.0. The van der Waals surface area contributed by atoms with Crippen molar-refractivity contribution < 1.29 is 4.42 Å². The van der Waals surface area contributed by atoms with Gasteiger partial charge in [0.05, 0.1) is 16.7 Å². The van der Waals surface area contributed by atoms with Gasteiger partial charge in [-0.15, -0.1) is 0 Å². The Morgan fingerprint density at radius 2 is 1.02 bits per heavy atom. The van der Waals surface area contributed by atoms with Gasteiger partial charge in [-0.2, -0.15) is 0 Å². The SMILES string of the molecule is c1cc(-c2ccc3c4ccccc4n(-c4ccc5c(c4)oc4ccccc45)c3c2)cc(N(c2ccc3ccccc3c2)c2cccc3ccccc23)c1. The van der Waals surface area contributed by atoms with Gasteiger partial charge >= 0.3 is 0 Å². The second-order valence-electron chi connectivity index (χ2n) is 13.8. The molecule has 11 aromatic rings. The summed E-state index contributed by atoms with van der Waals surface area (Å²) in [5, 5.41) is 9.58. The maximum absolute atomic E-state index is 6.35. The van der Waals surface area contributed by atoms with E-state index in [0.717, 1.165) is 61.3 Å². The molecule has 2 heterocycles. The Morgan fingerprint density at radius 1 is 0.358 bits per heavy atom. The van der Waals surface area contributed by atoms with Gasteiger partial charge in [-0.05, 0) is 87.9 Å². The Morgan fingerprint density at radius 3 is 1.94 bits per heavy atom. The van der Waals surface area contributed by atoms with Gasteiger partial charge in [0, 0.05) is 50.1 Å². The molecule has 0 aliphatic heterocycles. The number of benzene rings is 9. The van der Waals surface area contributed by atoms with E-state index in [4.69, 9.17) is 4.42 Å². The van der Waals surface area contributed by atoms with Crippen LogP contribution in [0, 0.1) is 0 Å². The fourth-order valence-corrected chi connectivity index (χ4v) is 8.25. The molecule has 11 rings (SSSR count). The molecule has 0 spiro atoms. The van der Waals surface area contributed by atoms with Gasteiger partial charge in [0.1, 0.15) is 11.2 Å². The van der Waals surface area contributed by atoms with Gasteiger partial charge in [-0.25, -0.2) is 0 Å². The summed E-state index contributed by atoms with van der Waals surface area (Å²) in [5.41, 5.74) is 10.9. The highest BCUT2D eigenvalue weighted by Gasteiger charge is 2.18. The molecule has 3 nitrogen and oxygen atoms in total. The minimum atomic E-state index is 0.890. The van der Waals surface area contributed by atoms with E-state index in [1.807, 2.05) is 12.1 Å². The maximum Gasteiger partial charge on any atom is 0.137 e. The first kappa shape index (κ1) is 29.6. The maximum atomic E-state index is 6.35. The van der Waals surface area contributed by atoms with E-state index in [9.17, 15) is 0 Å². The standard InChI is InChI=1S/C50H32N2O/c1-2-13-35-29-39(25-23-33(35)11-1)51(46-21-10-14-34-12-3-4-17-41(34)46)38-16-9-15-36(30-38)37-24-27-43-42-18-5-7-20-47(42)52(48(43)31-37)40-26-28-45-44-19-6-8-22-49(44)53-50(45)32-40/h1-32H. The van der Waals surface area contributed by atoms with Crippen LogP contribution in [-0.4, -0.2) is 4.57 Å². The van der Waals surface area contributed by atoms with Crippen LogP contribution in [0.25, 0.3) is 82.1 Å². The summed E-state index contributed by atoms with van der Waals surface area (Å²) in [6.45, 7) is 0. The number of para-hydroxylation sites is 2. The zero-order chi connectivity index (χ0) is 34.9. The third-order valence-corrected chi connectivity index (χ3v) is 10.7. The lowest BCUT2D eigenvalue weighted by molar-refractivity contribution is 0.668. The molecule has 0 unspecified atom stereocenters. The molecule has 0 amide bonds. The van der Waals surface area contributed by atoms with Crippen molar-refractivity contribution in [3.63, 3.8) is 0 Å². The minimum Gasteiger partial charge on any atom is -0.456 e. The van der Waals surface area contributed by atoms with E-state index in [1.165, 1.54) is 37.8 Å². The summed E-state index contributed by atoms with van der Waals surface area (Å²) in [7, 11) is 0. The van der Waals surface area contributed by atoms with Crippen LogP contribution in [0.3, 0.4) is 0 Å². The largest absolute Gasteiger partial charge is 0.456 e. The fraction of sp³-hybridized carbons (Fsp3) is 0. The van der Waals surface area contributed by atoms with E-state index in [1.54, 1.807) is 0 Å². The van der Waals surface area contributed by atoms with Crippen LogP contribution < -0.4 is 4.90 Å². The summed E-state index contributed by atoms with van der Waals surface area (Å²) in [4.78, 5) is 2.40. The number of hydrogen-bond acceptors (Lipinski definition) is 2. The average molecular weight is 677 g/mol. The van der Waals surface area contributed by atoms with Crippen LogP contribution in [0.4, 0.5) is 17.1 Å². The first-order valence-electron chi connectivity index (χ1n) is 18.1. The number of anilines is 3. The minimum absolute atomic E-state index is 0.890. The monoisotopic (exact) mass is 676 g/mol. The number of furan rings is 1. The Kier molecular flexibility index (Phi) is 6.55. The van der Waals surface area contributed by atoms with E-state index in [2.05, 4.69) is 191 Å². The molecule has 0 bridgehead atoms. The number of nitrogens with zero attached hydrogens (tertiary/aromatic N) is 2. The third kappa shape index (κ3) is 4.75. The van der Waals surface area contributed by atoms with Gasteiger partial charge in [0.15, 0.2) is 0 Å². The normalized spacial score (nSPS) is 11.8. The molecule has 3 heteroatoms. The first-order valence-corrected chi connectivity index (χ1v) is 18.1. The van der Waals surface area contributed by atoms with Crippen molar-refractivity contribution in [3.05, 3.63) is 194 Å². The van der Waals surface area contributed by atoms with Crippen LogP contribution in [0.15, 0.2) is 199 Å². The molecule has 0 radical (unpaired) electrons. The Bertz CT molecular complexity index is 3200. The number of rotatable bonds is 5. The molecular weight excluding hydrogens is 645 g/mol. The predicted octanol–water partition coefficient (Wildman–Crippen LogP) is 14.1. The molecule has 0 aliphatic carbocycles. The van der Waals surface area contributed by atoms with Crippen molar-refractivity contribution in [3.8, 4) is 16.8 Å². The molecule has 2 aromatic heterocycles. The molecule has 0 aliphatic rings. The molecule has 248 valence electrons. The van der Waals surface area contributed by atoms with E-state index in [-0.39, 0.29) is 0 Å². The van der Waals surface area contributed by atoms with Crippen LogP contribution in [-0.2, 0) is 0 Å². The Labute approximate surface area is 306 Å². The highest BCUT2D eigenvalue weighted by Crippen LogP contribution is 2.42. The lowest BCUT2D eigenvalue weighted by Gasteiger charge is -2.27. The number of fused-ring (bicyclic) bond motifs is 8. The van der Waals surface area contributed by atoms with Crippen molar-refractivity contribution >= 4 is 82.4 Å². The van der Waals surface area contributed by atoms with Gasteiger partial charge in [0.25, 0.3) is 0 Å². The first-order chi connectivity index (χ1) is 26.3. The molecule has 0 saturated heterocycles. The molecule has 0 N–H and O–H groups in total. The summed E-state index contributed by atoms with van der Waals surface area (Å²) < 4.78 is 8.73. The van der Waals surface area contributed by atoms with Gasteiger partial charge in [-0.3, -0.25) is 0 Å². The third-order valence-electron chi connectivity index (χ3n) is 10.7. The summed E-state index contributed by atoms with van der Waals surface area (Å²) in [6, 6.07) is 69.9. The van der Waals surface area contributed by atoms with Crippen LogP contribution >= 0.6 is 0 Å². The van der Waals surface area contributed by atoms with Crippen molar-refractivity contribution in [2.24, 2.45) is 0 Å². The highest BCUT2D eigenvalue weighted by molar-refractivity contribution is 6.11. The van der Waals surface area contributed by atoms with Gasteiger partial charge in [0.2, 0.25) is 0 Å². The van der Waals surface area contributed by atoms with Crippen LogP contribution in [0.1, 0.15) is 0 Å². The predicted molar refractivity (Wildman–Crippen MR) is 223 cm³/mol. The Hall–Kier alpha value is -7.10. The summed E-state index contributed by atoms with van der Waals surface area (Å²) in [6.07, 6.45) is 0. The van der Waals surface area contributed by atoms with E-state index in [0.29, 0.717) is 0 Å².